The zero-order valence-electron chi connectivity index (χ0n) is 14.0. The number of hydrogen-bond acceptors (Lipinski definition) is 2. The molecule has 2 aromatic carbocycles. The third-order valence-corrected chi connectivity index (χ3v) is 4.55. The molecule has 1 heterocycles. The molecule has 0 radical (unpaired) electrons. The number of alkyl halides is 2. The van der Waals surface area contributed by atoms with E-state index in [0.717, 1.165) is 32.2 Å². The number of amides is 1. The molecule has 0 aliphatic heterocycles. The largest absolute Gasteiger partial charge is 0.435 e. The van der Waals surface area contributed by atoms with E-state index >= 15 is 0 Å². The number of aryl methyl sites for hydroxylation is 1. The highest BCUT2D eigenvalue weighted by molar-refractivity contribution is 9.10. The maximum Gasteiger partial charge on any atom is 0.387 e. The molecule has 0 bridgehead atoms. The number of rotatable bonds is 6. The third kappa shape index (κ3) is 4.40. The molecule has 0 spiro atoms. The first-order chi connectivity index (χ1) is 12.4. The second-order valence-electron chi connectivity index (χ2n) is 5.89. The molecule has 7 heteroatoms. The fourth-order valence-corrected chi connectivity index (χ4v) is 3.16. The van der Waals surface area contributed by atoms with E-state index in [4.69, 9.17) is 0 Å². The molecular weight excluding hydrogens is 406 g/mol. The van der Waals surface area contributed by atoms with E-state index in [1.165, 1.54) is 12.1 Å². The van der Waals surface area contributed by atoms with Gasteiger partial charge in [0.15, 0.2) is 0 Å². The number of nitrogens with one attached hydrogen (secondary N) is 2. The fourth-order valence-electron chi connectivity index (χ4n) is 2.79. The number of ether oxygens (including phenoxy) is 1. The normalized spacial score (nSPS) is 11.1. The zero-order chi connectivity index (χ0) is 18.7. The van der Waals surface area contributed by atoms with Crippen LogP contribution in [0.15, 0.2) is 46.9 Å². The first-order valence-corrected chi connectivity index (χ1v) is 8.79. The van der Waals surface area contributed by atoms with Gasteiger partial charge in [-0.15, -0.1) is 0 Å². The maximum absolute atomic E-state index is 12.3. The molecule has 4 nitrogen and oxygen atoms in total. The highest BCUT2D eigenvalue weighted by atomic mass is 79.9. The number of carbonyl (C=O) groups is 1. The summed E-state index contributed by atoms with van der Waals surface area (Å²) in [7, 11) is 0. The van der Waals surface area contributed by atoms with Gasteiger partial charge in [-0.2, -0.15) is 8.78 Å². The summed E-state index contributed by atoms with van der Waals surface area (Å²) in [6.45, 7) is -0.586. The summed E-state index contributed by atoms with van der Waals surface area (Å²) in [5.74, 6) is -0.0167. The number of carbonyl (C=O) groups excluding carboxylic acids is 1. The van der Waals surface area contributed by atoms with Crippen LogP contribution in [0.2, 0.25) is 0 Å². The summed E-state index contributed by atoms with van der Waals surface area (Å²) >= 11 is 3.45. The van der Waals surface area contributed by atoms with Crippen LogP contribution in [-0.4, -0.2) is 17.5 Å². The Balaban J connectivity index is 1.63. The molecule has 1 amide bonds. The molecule has 0 aliphatic carbocycles. The van der Waals surface area contributed by atoms with E-state index in [1.54, 1.807) is 12.1 Å². The Morgan fingerprint density at radius 3 is 2.65 bits per heavy atom. The minimum atomic E-state index is -2.85. The summed E-state index contributed by atoms with van der Waals surface area (Å²) in [5, 5.41) is 3.86. The van der Waals surface area contributed by atoms with Gasteiger partial charge in [-0.05, 0) is 48.4 Å². The summed E-state index contributed by atoms with van der Waals surface area (Å²) in [6, 6.07) is 12.1. The summed E-state index contributed by atoms with van der Waals surface area (Å²) < 4.78 is 29.5. The van der Waals surface area contributed by atoms with Gasteiger partial charge < -0.3 is 15.0 Å². The predicted molar refractivity (Wildman–Crippen MR) is 99.4 cm³/mol. The molecule has 2 N–H and O–H groups in total. The molecular formula is C19H17BrF2N2O2. The van der Waals surface area contributed by atoms with Gasteiger partial charge in [-0.25, -0.2) is 0 Å². The molecule has 0 unspecified atom stereocenters. The van der Waals surface area contributed by atoms with E-state index in [2.05, 4.69) is 31.0 Å². The van der Waals surface area contributed by atoms with Gasteiger partial charge in [0.05, 0.1) is 6.42 Å². The van der Waals surface area contributed by atoms with Crippen LogP contribution in [0.5, 0.6) is 5.75 Å². The molecule has 3 rings (SSSR count). The van der Waals surface area contributed by atoms with Crippen molar-refractivity contribution in [2.24, 2.45) is 0 Å². The standard InChI is InChI=1S/C19H17BrF2N2O2/c1-11-15(16-8-13(20)4-7-17(16)24-11)9-18(25)23-10-12-2-5-14(6-3-12)26-19(21)22/h2-8,19,24H,9-10H2,1H3,(H,23,25). The lowest BCUT2D eigenvalue weighted by molar-refractivity contribution is -0.120. The minimum Gasteiger partial charge on any atom is -0.435 e. The van der Waals surface area contributed by atoms with E-state index in [1.807, 2.05) is 25.1 Å². The summed E-state index contributed by atoms with van der Waals surface area (Å²) in [4.78, 5) is 15.6. The van der Waals surface area contributed by atoms with Crippen LogP contribution in [0.3, 0.4) is 0 Å². The van der Waals surface area contributed by atoms with Gasteiger partial charge in [-0.1, -0.05) is 28.1 Å². The number of hydrogen-bond donors (Lipinski definition) is 2. The first kappa shape index (κ1) is 18.4. The van der Waals surface area contributed by atoms with Crippen molar-refractivity contribution in [3.63, 3.8) is 0 Å². The van der Waals surface area contributed by atoms with Crippen LogP contribution in [0.1, 0.15) is 16.8 Å². The molecule has 0 saturated heterocycles. The number of aromatic amines is 1. The summed E-state index contributed by atoms with van der Waals surface area (Å²) in [6.07, 6.45) is 0.259. The maximum atomic E-state index is 12.3. The third-order valence-electron chi connectivity index (χ3n) is 4.06. The van der Waals surface area contributed by atoms with Gasteiger partial charge in [0.1, 0.15) is 5.75 Å². The van der Waals surface area contributed by atoms with Crippen LogP contribution >= 0.6 is 15.9 Å². The van der Waals surface area contributed by atoms with Crippen molar-refractivity contribution in [1.82, 2.24) is 10.3 Å². The van der Waals surface area contributed by atoms with E-state index in [-0.39, 0.29) is 18.1 Å². The lowest BCUT2D eigenvalue weighted by atomic mass is 10.1. The molecule has 0 atom stereocenters. The van der Waals surface area contributed by atoms with E-state index < -0.39 is 6.61 Å². The minimum absolute atomic E-state index is 0.0927. The fraction of sp³-hybridized carbons (Fsp3) is 0.211. The van der Waals surface area contributed by atoms with E-state index in [0.29, 0.717) is 6.54 Å². The number of aromatic nitrogens is 1. The topological polar surface area (TPSA) is 54.1 Å². The van der Waals surface area contributed by atoms with Crippen molar-refractivity contribution in [3.8, 4) is 5.75 Å². The molecule has 3 aromatic rings. The monoisotopic (exact) mass is 422 g/mol. The molecule has 1 aromatic heterocycles. The Labute approximate surface area is 157 Å². The molecule has 0 saturated carbocycles. The van der Waals surface area contributed by atoms with Gasteiger partial charge in [0.25, 0.3) is 0 Å². The quantitative estimate of drug-likeness (QED) is 0.604. The van der Waals surface area contributed by atoms with Crippen LogP contribution < -0.4 is 10.1 Å². The van der Waals surface area contributed by atoms with Gasteiger partial charge >= 0.3 is 6.61 Å². The van der Waals surface area contributed by atoms with Crippen LogP contribution in [-0.2, 0) is 17.8 Å². The molecule has 26 heavy (non-hydrogen) atoms. The first-order valence-electron chi connectivity index (χ1n) is 7.99. The number of fused-ring (bicyclic) bond motifs is 1. The SMILES string of the molecule is Cc1[nH]c2ccc(Br)cc2c1CC(=O)NCc1ccc(OC(F)F)cc1. The van der Waals surface area contributed by atoms with Crippen molar-refractivity contribution < 1.29 is 18.3 Å². The zero-order valence-corrected chi connectivity index (χ0v) is 15.6. The van der Waals surface area contributed by atoms with Gasteiger partial charge in [0, 0.05) is 27.6 Å². The van der Waals surface area contributed by atoms with Crippen molar-refractivity contribution >= 4 is 32.7 Å². The molecule has 136 valence electrons. The van der Waals surface area contributed by atoms with Gasteiger partial charge in [-0.3, -0.25) is 4.79 Å². The molecule has 0 aliphatic rings. The Bertz CT molecular complexity index is 923. The van der Waals surface area contributed by atoms with Crippen LogP contribution in [0.25, 0.3) is 10.9 Å². The highest BCUT2D eigenvalue weighted by Crippen LogP contribution is 2.26. The predicted octanol–water partition coefficient (Wildman–Crippen LogP) is 4.70. The van der Waals surface area contributed by atoms with Gasteiger partial charge in [0.2, 0.25) is 5.91 Å². The number of benzene rings is 2. The van der Waals surface area contributed by atoms with Crippen LogP contribution in [0.4, 0.5) is 8.78 Å². The van der Waals surface area contributed by atoms with Crippen molar-refractivity contribution in [1.29, 1.82) is 0 Å². The highest BCUT2D eigenvalue weighted by Gasteiger charge is 2.13. The second kappa shape index (κ2) is 7.86. The van der Waals surface area contributed by atoms with Crippen molar-refractivity contribution in [2.45, 2.75) is 26.5 Å². The van der Waals surface area contributed by atoms with E-state index in [9.17, 15) is 13.6 Å². The lowest BCUT2D eigenvalue weighted by Gasteiger charge is -2.08. The van der Waals surface area contributed by atoms with Crippen LogP contribution in [0, 0.1) is 6.92 Å². The Kier molecular flexibility index (Phi) is 5.56. The average Bonchev–Trinajstić information content (AvgIpc) is 2.89. The Morgan fingerprint density at radius 1 is 1.23 bits per heavy atom. The average molecular weight is 423 g/mol. The number of halogens is 3. The lowest BCUT2D eigenvalue weighted by Crippen LogP contribution is -2.24. The number of H-pyrrole nitrogens is 1. The Morgan fingerprint density at radius 2 is 1.96 bits per heavy atom. The Hall–Kier alpha value is -2.41. The summed E-state index contributed by atoms with van der Waals surface area (Å²) in [5.41, 5.74) is 3.71. The van der Waals surface area contributed by atoms with Crippen molar-refractivity contribution in [2.75, 3.05) is 0 Å². The molecule has 0 fully saturated rings. The second-order valence-corrected chi connectivity index (χ2v) is 6.81. The smallest absolute Gasteiger partial charge is 0.387 e. The van der Waals surface area contributed by atoms with Crippen molar-refractivity contribution in [3.05, 3.63) is 63.8 Å².